The van der Waals surface area contributed by atoms with Crippen LogP contribution in [0, 0.1) is 0 Å². The van der Waals surface area contributed by atoms with Gasteiger partial charge in [-0.05, 0) is 80.8 Å². The van der Waals surface area contributed by atoms with Gasteiger partial charge in [-0.15, -0.1) is 0 Å². The van der Waals surface area contributed by atoms with Crippen LogP contribution in [-0.2, 0) is 0 Å². The highest BCUT2D eigenvalue weighted by atomic mass is 16.3. The zero-order valence-electron chi connectivity index (χ0n) is 29.0. The molecule has 12 rings (SSSR count). The molecule has 0 N–H and O–H groups in total. The summed E-state index contributed by atoms with van der Waals surface area (Å²) >= 11 is 0. The van der Waals surface area contributed by atoms with Crippen LogP contribution in [-0.4, -0.2) is 14.5 Å². The second-order valence-corrected chi connectivity index (χ2v) is 14.2. The van der Waals surface area contributed by atoms with Crippen LogP contribution in [0.3, 0.4) is 0 Å². The van der Waals surface area contributed by atoms with E-state index in [1.165, 1.54) is 54.1 Å². The fraction of sp³-hybridized carbons (Fsp3) is 0. The van der Waals surface area contributed by atoms with Gasteiger partial charge in [0.1, 0.15) is 11.2 Å². The van der Waals surface area contributed by atoms with Crippen molar-refractivity contribution in [2.75, 3.05) is 0 Å². The maximum Gasteiger partial charge on any atom is 0.160 e. The van der Waals surface area contributed by atoms with Gasteiger partial charge in [0.05, 0.1) is 22.4 Å². The fourth-order valence-corrected chi connectivity index (χ4v) is 8.68. The fourth-order valence-electron chi connectivity index (χ4n) is 8.68. The minimum Gasteiger partial charge on any atom is -0.456 e. The molecule has 4 nitrogen and oxygen atoms in total. The minimum absolute atomic E-state index is 0.661. The third kappa shape index (κ3) is 4.25. The molecule has 0 aliphatic rings. The molecule has 9 aromatic carbocycles. The minimum atomic E-state index is 0.661. The third-order valence-electron chi connectivity index (χ3n) is 11.1. The number of aromatic nitrogens is 3. The van der Waals surface area contributed by atoms with Gasteiger partial charge in [0.15, 0.2) is 5.82 Å². The highest BCUT2D eigenvalue weighted by Crippen LogP contribution is 2.44. The summed E-state index contributed by atoms with van der Waals surface area (Å²) in [6.07, 6.45) is 0. The van der Waals surface area contributed by atoms with Gasteiger partial charge < -0.3 is 8.98 Å². The van der Waals surface area contributed by atoms with E-state index in [-0.39, 0.29) is 0 Å². The topological polar surface area (TPSA) is 43.9 Å². The lowest BCUT2D eigenvalue weighted by Gasteiger charge is -2.13. The molecule has 0 unspecified atom stereocenters. The van der Waals surface area contributed by atoms with Crippen molar-refractivity contribution in [2.45, 2.75) is 0 Å². The lowest BCUT2D eigenvalue weighted by Crippen LogP contribution is -1.95. The number of furan rings is 1. The average Bonchev–Trinajstić information content (AvgIpc) is 3.78. The van der Waals surface area contributed by atoms with Crippen molar-refractivity contribution >= 4 is 76.1 Å². The monoisotopic (exact) mass is 687 g/mol. The summed E-state index contributed by atoms with van der Waals surface area (Å²) in [4.78, 5) is 10.1. The Labute approximate surface area is 309 Å². The molecule has 0 spiro atoms. The largest absolute Gasteiger partial charge is 0.456 e. The van der Waals surface area contributed by atoms with Crippen molar-refractivity contribution < 1.29 is 4.42 Å². The van der Waals surface area contributed by atoms with Crippen molar-refractivity contribution in [3.8, 4) is 39.6 Å². The van der Waals surface area contributed by atoms with Crippen molar-refractivity contribution in [2.24, 2.45) is 0 Å². The number of hydrogen-bond acceptors (Lipinski definition) is 3. The molecule has 250 valence electrons. The lowest BCUT2D eigenvalue weighted by molar-refractivity contribution is 0.669. The van der Waals surface area contributed by atoms with E-state index in [9.17, 15) is 0 Å². The molecule has 12 aromatic rings. The van der Waals surface area contributed by atoms with Gasteiger partial charge in [0.25, 0.3) is 0 Å². The second kappa shape index (κ2) is 11.1. The normalized spacial score (nSPS) is 12.1. The van der Waals surface area contributed by atoms with E-state index >= 15 is 0 Å². The Bertz CT molecular complexity index is 3360. The Morgan fingerprint density at radius 2 is 1.06 bits per heavy atom. The molecule has 54 heavy (non-hydrogen) atoms. The molecule has 0 amide bonds. The number of para-hydroxylation sites is 1. The first-order valence-electron chi connectivity index (χ1n) is 18.3. The predicted molar refractivity (Wildman–Crippen MR) is 224 cm³/mol. The molecule has 0 bridgehead atoms. The molecule has 3 aromatic heterocycles. The summed E-state index contributed by atoms with van der Waals surface area (Å²) < 4.78 is 8.98. The van der Waals surface area contributed by atoms with E-state index in [0.717, 1.165) is 55.7 Å². The van der Waals surface area contributed by atoms with Crippen molar-refractivity contribution in [1.29, 1.82) is 0 Å². The first-order chi connectivity index (χ1) is 26.7. The summed E-state index contributed by atoms with van der Waals surface area (Å²) in [7, 11) is 0. The van der Waals surface area contributed by atoms with Gasteiger partial charge in [-0.1, -0.05) is 127 Å². The van der Waals surface area contributed by atoms with Gasteiger partial charge in [0.2, 0.25) is 0 Å². The van der Waals surface area contributed by atoms with E-state index in [1.54, 1.807) is 0 Å². The van der Waals surface area contributed by atoms with Crippen molar-refractivity contribution in [3.05, 3.63) is 176 Å². The van der Waals surface area contributed by atoms with Crippen LogP contribution in [0.15, 0.2) is 180 Å². The number of fused-ring (bicyclic) bond motifs is 7. The predicted octanol–water partition coefficient (Wildman–Crippen LogP) is 13.4. The Morgan fingerprint density at radius 3 is 1.83 bits per heavy atom. The van der Waals surface area contributed by atoms with Gasteiger partial charge in [-0.2, -0.15) is 0 Å². The van der Waals surface area contributed by atoms with Crippen LogP contribution in [0.2, 0.25) is 0 Å². The molecule has 0 aliphatic carbocycles. The summed E-state index contributed by atoms with van der Waals surface area (Å²) in [5, 5.41) is 12.4. The van der Waals surface area contributed by atoms with E-state index in [1.807, 2.05) is 36.4 Å². The highest BCUT2D eigenvalue weighted by molar-refractivity contribution is 6.33. The Hall–Kier alpha value is -7.30. The first kappa shape index (κ1) is 29.3. The van der Waals surface area contributed by atoms with E-state index in [0.29, 0.717) is 5.82 Å². The summed E-state index contributed by atoms with van der Waals surface area (Å²) in [6, 6.07) is 62.4. The maximum absolute atomic E-state index is 6.56. The van der Waals surface area contributed by atoms with Gasteiger partial charge in [-0.3, -0.25) is 0 Å². The van der Waals surface area contributed by atoms with Crippen LogP contribution in [0.5, 0.6) is 0 Å². The highest BCUT2D eigenvalue weighted by Gasteiger charge is 2.20. The first-order valence-corrected chi connectivity index (χ1v) is 18.3. The van der Waals surface area contributed by atoms with Gasteiger partial charge >= 0.3 is 0 Å². The molecule has 0 saturated heterocycles. The number of hydrogen-bond donors (Lipinski definition) is 0. The average molecular weight is 688 g/mol. The van der Waals surface area contributed by atoms with Crippen LogP contribution >= 0.6 is 0 Å². The van der Waals surface area contributed by atoms with E-state index < -0.39 is 0 Å². The van der Waals surface area contributed by atoms with Crippen LogP contribution in [0.25, 0.3) is 116 Å². The quantitative estimate of drug-likeness (QED) is 0.173. The Morgan fingerprint density at radius 1 is 0.370 bits per heavy atom. The maximum atomic E-state index is 6.56. The lowest BCUT2D eigenvalue weighted by atomic mass is 9.92. The van der Waals surface area contributed by atoms with Crippen LogP contribution in [0.1, 0.15) is 0 Å². The zero-order valence-corrected chi connectivity index (χ0v) is 29.0. The smallest absolute Gasteiger partial charge is 0.160 e. The standard InChI is InChI=1S/C50H29N3O/c1-3-10-30(11-4-1)41-29-42(31-12-5-2-6-13-31)52-50(51-41)35-21-23-37-40-28-36(22-25-45(40)54-46(37)27-35)53-43-17-8-7-16-38(43)49-39-24-20-33-15-9-14-32-18-19-34(26-44(49)53)48(39)47(32)33/h1-29H. The van der Waals surface area contributed by atoms with Crippen molar-refractivity contribution in [1.82, 2.24) is 14.5 Å². The molecular weight excluding hydrogens is 659 g/mol. The summed E-state index contributed by atoms with van der Waals surface area (Å²) in [5.74, 6) is 0.661. The van der Waals surface area contributed by atoms with E-state index in [4.69, 9.17) is 14.4 Å². The van der Waals surface area contributed by atoms with E-state index in [2.05, 4.69) is 144 Å². The third-order valence-corrected chi connectivity index (χ3v) is 11.1. The number of rotatable bonds is 4. The van der Waals surface area contributed by atoms with Crippen LogP contribution in [0.4, 0.5) is 0 Å². The Balaban J connectivity index is 1.04. The zero-order chi connectivity index (χ0) is 35.3. The molecule has 0 atom stereocenters. The molecule has 4 heteroatoms. The molecule has 0 fully saturated rings. The van der Waals surface area contributed by atoms with Gasteiger partial charge in [-0.25, -0.2) is 9.97 Å². The molecular formula is C50H29N3O. The summed E-state index contributed by atoms with van der Waals surface area (Å²) in [5.41, 5.74) is 9.89. The van der Waals surface area contributed by atoms with Gasteiger partial charge in [0, 0.05) is 43.9 Å². The number of nitrogens with zero attached hydrogens (tertiary/aromatic N) is 3. The molecule has 0 radical (unpaired) electrons. The van der Waals surface area contributed by atoms with Crippen LogP contribution < -0.4 is 0 Å². The van der Waals surface area contributed by atoms with Crippen molar-refractivity contribution in [3.63, 3.8) is 0 Å². The second-order valence-electron chi connectivity index (χ2n) is 14.2. The molecule has 0 aliphatic heterocycles. The Kier molecular flexibility index (Phi) is 6.02. The SMILES string of the molecule is c1ccc(-c2cc(-c3ccccc3)nc(-c3ccc4c(c3)oc3ccc(-n5c6ccccc6c6c7ccc8cccc9ccc(cc65)c7c98)cc34)n2)cc1. The summed E-state index contributed by atoms with van der Waals surface area (Å²) in [6.45, 7) is 0. The molecule has 0 saturated carbocycles. The molecule has 3 heterocycles. The number of benzene rings is 9.